The van der Waals surface area contributed by atoms with Gasteiger partial charge >= 0.3 is 0 Å². The quantitative estimate of drug-likeness (QED) is 0.884. The van der Waals surface area contributed by atoms with E-state index in [0.717, 1.165) is 26.1 Å². The Morgan fingerprint density at radius 2 is 2.19 bits per heavy atom. The Kier molecular flexibility index (Phi) is 3.69. The van der Waals surface area contributed by atoms with Gasteiger partial charge in [0.1, 0.15) is 5.01 Å². The highest BCUT2D eigenvalue weighted by Crippen LogP contribution is 2.28. The zero-order valence-corrected chi connectivity index (χ0v) is 13.0. The number of thiazole rings is 1. The van der Waals surface area contributed by atoms with Gasteiger partial charge in [-0.1, -0.05) is 0 Å². The lowest BCUT2D eigenvalue weighted by Crippen LogP contribution is -2.41. The lowest BCUT2D eigenvalue weighted by Gasteiger charge is -2.26. The number of aromatic nitrogens is 1. The van der Waals surface area contributed by atoms with Gasteiger partial charge in [-0.05, 0) is 25.7 Å². The van der Waals surface area contributed by atoms with Gasteiger partial charge < -0.3 is 10.1 Å². The molecule has 2 atom stereocenters. The summed E-state index contributed by atoms with van der Waals surface area (Å²) in [5.41, 5.74) is 1.33. The molecule has 0 saturated carbocycles. The minimum Gasteiger partial charge on any atom is -0.378 e. The van der Waals surface area contributed by atoms with Crippen LogP contribution in [-0.2, 0) is 28.9 Å². The molecule has 1 N–H and O–H groups in total. The molecule has 1 aromatic rings. The van der Waals surface area contributed by atoms with E-state index in [1.165, 1.54) is 34.8 Å². The SMILES string of the molecule is O=C1N[C@@H]2COC[C@H]1CN(Cc1nc3c(s1)CCCC3)C2. The molecule has 0 unspecified atom stereocenters. The first-order valence-electron chi connectivity index (χ1n) is 7.86. The maximum atomic E-state index is 12.0. The van der Waals surface area contributed by atoms with Gasteiger partial charge in [0.05, 0.1) is 37.4 Å². The number of carbonyl (C=O) groups is 1. The Labute approximate surface area is 128 Å². The van der Waals surface area contributed by atoms with Crippen molar-refractivity contribution in [1.29, 1.82) is 0 Å². The molecule has 0 aromatic carbocycles. The number of aryl methyl sites for hydroxylation is 2. The Hall–Kier alpha value is -0.980. The Bertz CT molecular complexity index is 522. The summed E-state index contributed by atoms with van der Waals surface area (Å²) in [4.78, 5) is 20.7. The van der Waals surface area contributed by atoms with E-state index in [0.29, 0.717) is 13.2 Å². The molecule has 4 rings (SSSR count). The van der Waals surface area contributed by atoms with E-state index in [4.69, 9.17) is 9.72 Å². The largest absolute Gasteiger partial charge is 0.378 e. The van der Waals surface area contributed by atoms with Crippen LogP contribution in [-0.4, -0.2) is 48.1 Å². The third-order valence-corrected chi connectivity index (χ3v) is 5.70. The Morgan fingerprint density at radius 1 is 1.29 bits per heavy atom. The highest BCUT2D eigenvalue weighted by Gasteiger charge is 2.33. The minimum atomic E-state index is -0.0351. The van der Waals surface area contributed by atoms with Crippen LogP contribution in [0.25, 0.3) is 0 Å². The normalized spacial score (nSPS) is 29.6. The molecule has 0 spiro atoms. The van der Waals surface area contributed by atoms with Gasteiger partial charge in [0.15, 0.2) is 0 Å². The summed E-state index contributed by atoms with van der Waals surface area (Å²) in [5.74, 6) is 0.116. The molecular weight excluding hydrogens is 286 g/mol. The molecule has 114 valence electrons. The van der Waals surface area contributed by atoms with Crippen LogP contribution in [0.3, 0.4) is 0 Å². The van der Waals surface area contributed by atoms with Crippen molar-refractivity contribution < 1.29 is 9.53 Å². The third kappa shape index (κ3) is 2.84. The molecule has 1 aliphatic carbocycles. The molecule has 6 heteroatoms. The smallest absolute Gasteiger partial charge is 0.227 e. The van der Waals surface area contributed by atoms with Crippen molar-refractivity contribution in [3.63, 3.8) is 0 Å². The summed E-state index contributed by atoms with van der Waals surface area (Å²) in [6.07, 6.45) is 4.93. The molecule has 2 saturated heterocycles. The van der Waals surface area contributed by atoms with Crippen molar-refractivity contribution in [3.8, 4) is 0 Å². The summed E-state index contributed by atoms with van der Waals surface area (Å²) in [6, 6.07) is 0.125. The summed E-state index contributed by atoms with van der Waals surface area (Å²) in [6.45, 7) is 3.71. The first-order valence-corrected chi connectivity index (χ1v) is 8.67. The fourth-order valence-corrected chi connectivity index (χ4v) is 4.71. The number of amides is 1. The number of fused-ring (bicyclic) bond motifs is 4. The van der Waals surface area contributed by atoms with E-state index < -0.39 is 0 Å². The molecule has 3 heterocycles. The van der Waals surface area contributed by atoms with E-state index in [-0.39, 0.29) is 17.9 Å². The van der Waals surface area contributed by atoms with Crippen LogP contribution in [0.4, 0.5) is 0 Å². The van der Waals surface area contributed by atoms with Crippen LogP contribution >= 0.6 is 11.3 Å². The van der Waals surface area contributed by atoms with E-state index in [1.807, 2.05) is 11.3 Å². The highest BCUT2D eigenvalue weighted by atomic mass is 32.1. The molecule has 21 heavy (non-hydrogen) atoms. The lowest BCUT2D eigenvalue weighted by atomic mass is 10.0. The van der Waals surface area contributed by atoms with Gasteiger partial charge in [0, 0.05) is 18.0 Å². The van der Waals surface area contributed by atoms with Gasteiger partial charge in [-0.15, -0.1) is 11.3 Å². The van der Waals surface area contributed by atoms with Crippen molar-refractivity contribution in [1.82, 2.24) is 15.2 Å². The number of nitrogens with one attached hydrogen (secondary N) is 1. The second kappa shape index (κ2) is 5.66. The molecule has 3 aliphatic rings. The monoisotopic (exact) mass is 307 g/mol. The van der Waals surface area contributed by atoms with Crippen LogP contribution in [0, 0.1) is 5.92 Å². The molecule has 2 bridgehead atoms. The Morgan fingerprint density at radius 3 is 3.10 bits per heavy atom. The van der Waals surface area contributed by atoms with Crippen LogP contribution in [0.2, 0.25) is 0 Å². The summed E-state index contributed by atoms with van der Waals surface area (Å²) in [5, 5.41) is 4.30. The second-order valence-corrected chi connectivity index (χ2v) is 7.49. The van der Waals surface area contributed by atoms with E-state index in [9.17, 15) is 4.79 Å². The zero-order valence-electron chi connectivity index (χ0n) is 12.1. The van der Waals surface area contributed by atoms with Gasteiger partial charge in [-0.25, -0.2) is 4.98 Å². The van der Waals surface area contributed by atoms with Crippen molar-refractivity contribution >= 4 is 17.2 Å². The van der Waals surface area contributed by atoms with E-state index in [2.05, 4.69) is 10.2 Å². The molecule has 1 aromatic heterocycles. The average molecular weight is 307 g/mol. The van der Waals surface area contributed by atoms with Gasteiger partial charge in [0.25, 0.3) is 0 Å². The summed E-state index contributed by atoms with van der Waals surface area (Å²) >= 11 is 1.88. The topological polar surface area (TPSA) is 54.5 Å². The molecule has 1 amide bonds. The molecular formula is C15H21N3O2S. The summed E-state index contributed by atoms with van der Waals surface area (Å²) < 4.78 is 5.57. The number of hydrogen-bond donors (Lipinski definition) is 1. The maximum absolute atomic E-state index is 12.0. The van der Waals surface area contributed by atoms with Crippen molar-refractivity contribution in [2.24, 2.45) is 5.92 Å². The Balaban J connectivity index is 1.49. The first kappa shape index (κ1) is 13.7. The number of hydrogen-bond acceptors (Lipinski definition) is 5. The summed E-state index contributed by atoms with van der Waals surface area (Å²) in [7, 11) is 0. The highest BCUT2D eigenvalue weighted by molar-refractivity contribution is 7.11. The number of carbonyl (C=O) groups excluding carboxylic acids is 1. The first-order chi connectivity index (χ1) is 10.3. The van der Waals surface area contributed by atoms with Crippen LogP contribution in [0.1, 0.15) is 28.4 Å². The van der Waals surface area contributed by atoms with Crippen molar-refractivity contribution in [3.05, 3.63) is 15.6 Å². The number of ether oxygens (including phenoxy) is 1. The van der Waals surface area contributed by atoms with Crippen molar-refractivity contribution in [2.45, 2.75) is 38.3 Å². The molecule has 2 aliphatic heterocycles. The number of nitrogens with zero attached hydrogens (tertiary/aromatic N) is 2. The number of rotatable bonds is 2. The zero-order chi connectivity index (χ0) is 14.2. The second-order valence-electron chi connectivity index (χ2n) is 6.32. The van der Waals surface area contributed by atoms with E-state index in [1.54, 1.807) is 0 Å². The molecule has 5 nitrogen and oxygen atoms in total. The van der Waals surface area contributed by atoms with Crippen LogP contribution < -0.4 is 5.32 Å². The third-order valence-electron chi connectivity index (χ3n) is 4.56. The average Bonchev–Trinajstić information content (AvgIpc) is 2.69. The predicted molar refractivity (Wildman–Crippen MR) is 80.3 cm³/mol. The van der Waals surface area contributed by atoms with Gasteiger partial charge in [0.2, 0.25) is 5.91 Å². The van der Waals surface area contributed by atoms with Crippen LogP contribution in [0.15, 0.2) is 0 Å². The molecule has 2 fully saturated rings. The molecule has 0 radical (unpaired) electrons. The van der Waals surface area contributed by atoms with Gasteiger partial charge in [-0.3, -0.25) is 9.69 Å². The van der Waals surface area contributed by atoms with E-state index >= 15 is 0 Å². The fraction of sp³-hybridized carbons (Fsp3) is 0.733. The lowest BCUT2D eigenvalue weighted by molar-refractivity contribution is -0.125. The fourth-order valence-electron chi connectivity index (χ4n) is 3.51. The minimum absolute atomic E-state index is 0.0351. The van der Waals surface area contributed by atoms with Gasteiger partial charge in [-0.2, -0.15) is 0 Å². The van der Waals surface area contributed by atoms with Crippen molar-refractivity contribution in [2.75, 3.05) is 26.3 Å². The standard InChI is InChI=1S/C15H21N3O2S/c19-15-10-5-18(6-11(16-15)9-20-8-10)7-14-17-12-3-1-2-4-13(12)21-14/h10-11H,1-9H2,(H,16,19)/t10-,11+/m1/s1. The van der Waals surface area contributed by atoms with Crippen LogP contribution in [0.5, 0.6) is 0 Å². The maximum Gasteiger partial charge on any atom is 0.227 e. The predicted octanol–water partition coefficient (Wildman–Crippen LogP) is 0.969.